The molecule has 1 aromatic carbocycles. The minimum atomic E-state index is -0.505. The maximum Gasteiger partial charge on any atom is 0.410 e. The van der Waals surface area contributed by atoms with Crippen LogP contribution in [0.3, 0.4) is 0 Å². The number of esters is 1. The van der Waals surface area contributed by atoms with Gasteiger partial charge in [0.1, 0.15) is 5.60 Å². The summed E-state index contributed by atoms with van der Waals surface area (Å²) in [4.78, 5) is 26.1. The van der Waals surface area contributed by atoms with Crippen molar-refractivity contribution in [1.82, 2.24) is 14.7 Å². The zero-order valence-corrected chi connectivity index (χ0v) is 17.6. The third-order valence-corrected chi connectivity index (χ3v) is 5.00. The summed E-state index contributed by atoms with van der Waals surface area (Å²) in [5.41, 5.74) is 0.687. The van der Waals surface area contributed by atoms with Crippen LogP contribution in [0.4, 0.5) is 4.79 Å². The zero-order valence-electron chi connectivity index (χ0n) is 16.0. The van der Waals surface area contributed by atoms with E-state index in [0.29, 0.717) is 18.8 Å². The highest BCUT2D eigenvalue weighted by Crippen LogP contribution is 2.30. The highest BCUT2D eigenvalue weighted by atomic mass is 79.9. The van der Waals surface area contributed by atoms with Gasteiger partial charge >= 0.3 is 12.1 Å². The molecule has 0 saturated carbocycles. The molecule has 1 aliphatic rings. The number of hydrogen-bond acceptors (Lipinski definition) is 5. The standard InChI is InChI=1S/C19H24BrN3O4/c1-19(2,3)27-18(25)22-9-7-13(8-10-22)23-15-6-5-12(20)11-14(15)16(21-23)17(24)26-4/h5-6,11,13H,7-10H2,1-4H3. The summed E-state index contributed by atoms with van der Waals surface area (Å²) in [7, 11) is 1.35. The van der Waals surface area contributed by atoms with Gasteiger partial charge in [-0.25, -0.2) is 9.59 Å². The molecule has 146 valence electrons. The molecule has 0 N–H and O–H groups in total. The van der Waals surface area contributed by atoms with Crippen LogP contribution in [0.2, 0.25) is 0 Å². The molecule has 0 aliphatic carbocycles. The summed E-state index contributed by atoms with van der Waals surface area (Å²) in [6.07, 6.45) is 1.20. The van der Waals surface area contributed by atoms with E-state index in [1.54, 1.807) is 4.90 Å². The number of methoxy groups -OCH3 is 1. The highest BCUT2D eigenvalue weighted by Gasteiger charge is 2.29. The smallest absolute Gasteiger partial charge is 0.410 e. The lowest BCUT2D eigenvalue weighted by Gasteiger charge is -2.33. The van der Waals surface area contributed by atoms with Gasteiger partial charge in [0.15, 0.2) is 5.69 Å². The summed E-state index contributed by atoms with van der Waals surface area (Å²) in [5, 5.41) is 5.30. The van der Waals surface area contributed by atoms with Crippen LogP contribution in [-0.4, -0.2) is 52.5 Å². The minimum Gasteiger partial charge on any atom is -0.464 e. The number of aromatic nitrogens is 2. The van der Waals surface area contributed by atoms with Crippen LogP contribution >= 0.6 is 15.9 Å². The number of ether oxygens (including phenoxy) is 2. The van der Waals surface area contributed by atoms with Crippen LogP contribution < -0.4 is 0 Å². The molecule has 7 nitrogen and oxygen atoms in total. The molecule has 2 heterocycles. The molecule has 1 aromatic heterocycles. The third-order valence-electron chi connectivity index (χ3n) is 4.51. The van der Waals surface area contributed by atoms with Crippen molar-refractivity contribution in [2.75, 3.05) is 20.2 Å². The average Bonchev–Trinajstić information content (AvgIpc) is 2.98. The first-order valence-electron chi connectivity index (χ1n) is 8.93. The van der Waals surface area contributed by atoms with Gasteiger partial charge in [-0.3, -0.25) is 4.68 Å². The molecule has 1 saturated heterocycles. The van der Waals surface area contributed by atoms with Gasteiger partial charge in [0, 0.05) is 22.9 Å². The zero-order chi connectivity index (χ0) is 19.8. The molecule has 0 unspecified atom stereocenters. The minimum absolute atomic E-state index is 0.103. The lowest BCUT2D eigenvalue weighted by Crippen LogP contribution is -2.42. The average molecular weight is 438 g/mol. The molecule has 0 bridgehead atoms. The number of halogens is 1. The first-order chi connectivity index (χ1) is 12.7. The second-order valence-corrected chi connectivity index (χ2v) is 8.56. The van der Waals surface area contributed by atoms with E-state index >= 15 is 0 Å². The van der Waals surface area contributed by atoms with E-state index in [-0.39, 0.29) is 12.1 Å². The highest BCUT2D eigenvalue weighted by molar-refractivity contribution is 9.10. The molecule has 0 atom stereocenters. The van der Waals surface area contributed by atoms with Gasteiger partial charge in [0.05, 0.1) is 18.7 Å². The number of hydrogen-bond donors (Lipinski definition) is 0. The molecule has 1 aliphatic heterocycles. The Kier molecular flexibility index (Phi) is 5.46. The third kappa shape index (κ3) is 4.26. The van der Waals surface area contributed by atoms with Gasteiger partial charge in [-0.05, 0) is 51.8 Å². The van der Waals surface area contributed by atoms with Crippen molar-refractivity contribution in [3.8, 4) is 0 Å². The van der Waals surface area contributed by atoms with E-state index in [1.165, 1.54) is 7.11 Å². The Bertz CT molecular complexity index is 864. The number of likely N-dealkylation sites (tertiary alicyclic amines) is 1. The lowest BCUT2D eigenvalue weighted by atomic mass is 10.1. The molecule has 0 radical (unpaired) electrons. The maximum absolute atomic E-state index is 12.3. The Morgan fingerprint density at radius 2 is 1.89 bits per heavy atom. The first-order valence-corrected chi connectivity index (χ1v) is 9.73. The number of fused-ring (bicyclic) bond motifs is 1. The molecular formula is C19H24BrN3O4. The summed E-state index contributed by atoms with van der Waals surface area (Å²) < 4.78 is 13.1. The second-order valence-electron chi connectivity index (χ2n) is 7.64. The van der Waals surface area contributed by atoms with E-state index in [0.717, 1.165) is 28.2 Å². The molecule has 2 aromatic rings. The molecule has 3 rings (SSSR count). The SMILES string of the molecule is COC(=O)c1nn(C2CCN(C(=O)OC(C)(C)C)CC2)c2ccc(Br)cc12. The van der Waals surface area contributed by atoms with Crippen molar-refractivity contribution < 1.29 is 19.1 Å². The lowest BCUT2D eigenvalue weighted by molar-refractivity contribution is 0.0186. The Balaban J connectivity index is 1.81. The number of carbonyl (C=O) groups is 2. The molecule has 0 spiro atoms. The van der Waals surface area contributed by atoms with Gasteiger partial charge < -0.3 is 14.4 Å². The topological polar surface area (TPSA) is 73.7 Å². The maximum atomic E-state index is 12.3. The number of piperidine rings is 1. The van der Waals surface area contributed by atoms with E-state index < -0.39 is 11.6 Å². The van der Waals surface area contributed by atoms with Gasteiger partial charge in [0.25, 0.3) is 0 Å². The quantitative estimate of drug-likeness (QED) is 0.659. The van der Waals surface area contributed by atoms with Crippen molar-refractivity contribution in [3.63, 3.8) is 0 Å². The summed E-state index contributed by atoms with van der Waals surface area (Å²) in [5.74, 6) is -0.456. The largest absolute Gasteiger partial charge is 0.464 e. The van der Waals surface area contributed by atoms with E-state index in [4.69, 9.17) is 9.47 Å². The number of amides is 1. The summed E-state index contributed by atoms with van der Waals surface area (Å²) in [6.45, 7) is 6.76. The molecular weight excluding hydrogens is 414 g/mol. The molecule has 1 fully saturated rings. The predicted octanol–water partition coefficient (Wildman–Crippen LogP) is 4.16. The number of carbonyl (C=O) groups excluding carboxylic acids is 2. The second kappa shape index (κ2) is 7.50. The number of benzene rings is 1. The van der Waals surface area contributed by atoms with Crippen LogP contribution in [0.1, 0.15) is 50.1 Å². The predicted molar refractivity (Wildman–Crippen MR) is 105 cm³/mol. The number of nitrogens with zero attached hydrogens (tertiary/aromatic N) is 3. The van der Waals surface area contributed by atoms with Gasteiger partial charge in [0.2, 0.25) is 0 Å². The summed E-state index contributed by atoms with van der Waals surface area (Å²) in [6, 6.07) is 5.85. The Hall–Kier alpha value is -2.09. The molecule has 8 heteroatoms. The van der Waals surface area contributed by atoms with Crippen LogP contribution in [0.15, 0.2) is 22.7 Å². The molecule has 1 amide bonds. The van der Waals surface area contributed by atoms with Crippen LogP contribution in [-0.2, 0) is 9.47 Å². The van der Waals surface area contributed by atoms with Crippen LogP contribution in [0.5, 0.6) is 0 Å². The summed E-state index contributed by atoms with van der Waals surface area (Å²) >= 11 is 3.44. The fourth-order valence-corrected chi connectivity index (χ4v) is 3.62. The van der Waals surface area contributed by atoms with Crippen molar-refractivity contribution in [3.05, 3.63) is 28.4 Å². The monoisotopic (exact) mass is 437 g/mol. The van der Waals surface area contributed by atoms with Gasteiger partial charge in [-0.15, -0.1) is 0 Å². The van der Waals surface area contributed by atoms with Crippen molar-refractivity contribution in [2.24, 2.45) is 0 Å². The van der Waals surface area contributed by atoms with Crippen molar-refractivity contribution in [2.45, 2.75) is 45.3 Å². The van der Waals surface area contributed by atoms with Crippen LogP contribution in [0.25, 0.3) is 10.9 Å². The van der Waals surface area contributed by atoms with Gasteiger partial charge in [-0.2, -0.15) is 5.10 Å². The fraction of sp³-hybridized carbons (Fsp3) is 0.526. The van der Waals surface area contributed by atoms with Gasteiger partial charge in [-0.1, -0.05) is 15.9 Å². The molecule has 27 heavy (non-hydrogen) atoms. The Morgan fingerprint density at radius 1 is 1.22 bits per heavy atom. The Morgan fingerprint density at radius 3 is 2.48 bits per heavy atom. The van der Waals surface area contributed by atoms with E-state index in [2.05, 4.69) is 21.0 Å². The van der Waals surface area contributed by atoms with E-state index in [1.807, 2.05) is 43.7 Å². The fourth-order valence-electron chi connectivity index (χ4n) is 3.26. The first kappa shape index (κ1) is 19.7. The Labute approximate surface area is 166 Å². The van der Waals surface area contributed by atoms with Crippen LogP contribution in [0, 0.1) is 0 Å². The van der Waals surface area contributed by atoms with Crippen molar-refractivity contribution in [1.29, 1.82) is 0 Å². The normalized spacial score (nSPS) is 15.8. The van der Waals surface area contributed by atoms with E-state index in [9.17, 15) is 9.59 Å². The number of rotatable bonds is 2. The van der Waals surface area contributed by atoms with Crippen molar-refractivity contribution >= 4 is 38.9 Å².